The van der Waals surface area contributed by atoms with Gasteiger partial charge >= 0.3 is 0 Å². The first-order valence-corrected chi connectivity index (χ1v) is 12.6. The number of pyridine rings is 1. The molecule has 1 spiro atoms. The molecule has 0 bridgehead atoms. The van der Waals surface area contributed by atoms with Gasteiger partial charge in [0.2, 0.25) is 0 Å². The molecule has 1 fully saturated rings. The Morgan fingerprint density at radius 2 is 1.97 bits per heavy atom. The zero-order valence-electron chi connectivity index (χ0n) is 20.9. The van der Waals surface area contributed by atoms with Gasteiger partial charge in [-0.2, -0.15) is 0 Å². The number of hydrogen-bond donors (Lipinski definition) is 1. The van der Waals surface area contributed by atoms with Gasteiger partial charge in [-0.15, -0.1) is 0 Å². The Morgan fingerprint density at radius 1 is 1.19 bits per heavy atom. The number of carbonyl (C=O) groups is 2. The van der Waals surface area contributed by atoms with Crippen molar-refractivity contribution in [3.8, 4) is 0 Å². The highest BCUT2D eigenvalue weighted by Gasteiger charge is 2.54. The monoisotopic (exact) mass is 488 g/mol. The van der Waals surface area contributed by atoms with Crippen molar-refractivity contribution in [1.29, 1.82) is 0 Å². The number of rotatable bonds is 6. The molecular formula is C28H32N4O4. The summed E-state index contributed by atoms with van der Waals surface area (Å²) in [6.07, 6.45) is 4.44. The fourth-order valence-corrected chi connectivity index (χ4v) is 5.65. The van der Waals surface area contributed by atoms with Gasteiger partial charge in [0.1, 0.15) is 5.76 Å². The Kier molecular flexibility index (Phi) is 6.62. The zero-order valence-corrected chi connectivity index (χ0v) is 20.9. The fraction of sp³-hybridized carbons (Fsp3) is 0.429. The molecule has 5 rings (SSSR count). The molecule has 3 heterocycles. The van der Waals surface area contributed by atoms with Gasteiger partial charge in [0.25, 0.3) is 11.8 Å². The van der Waals surface area contributed by atoms with Crippen LogP contribution in [0.1, 0.15) is 83.3 Å². The quantitative estimate of drug-likeness (QED) is 0.557. The number of carbonyl (C=O) groups excluding carboxylic acids is 2. The maximum atomic E-state index is 13.2. The topological polar surface area (TPSA) is 97.6 Å². The van der Waals surface area contributed by atoms with Crippen LogP contribution in [-0.4, -0.2) is 52.7 Å². The van der Waals surface area contributed by atoms with E-state index in [1.165, 1.54) is 5.56 Å². The molecule has 1 N–H and O–H groups in total. The third kappa shape index (κ3) is 4.19. The van der Waals surface area contributed by atoms with E-state index in [-0.39, 0.29) is 35.3 Å². The molecule has 1 aliphatic heterocycles. The minimum Gasteiger partial charge on any atom is -0.375 e. The van der Waals surface area contributed by atoms with Crippen LogP contribution >= 0.6 is 0 Å². The van der Waals surface area contributed by atoms with E-state index in [1.807, 2.05) is 37.8 Å². The molecule has 1 saturated heterocycles. The molecule has 0 unspecified atom stereocenters. The smallest absolute Gasteiger partial charge is 0.276 e. The minimum atomic E-state index is -0.302. The Bertz CT molecular complexity index is 1230. The van der Waals surface area contributed by atoms with Crippen LogP contribution in [0.25, 0.3) is 0 Å². The number of nitrogens with one attached hydrogen (secondary N) is 1. The molecule has 2 aromatic heterocycles. The molecule has 2 aliphatic rings. The molecule has 36 heavy (non-hydrogen) atoms. The van der Waals surface area contributed by atoms with Crippen molar-refractivity contribution in [2.24, 2.45) is 0 Å². The van der Waals surface area contributed by atoms with Gasteiger partial charge in [-0.3, -0.25) is 14.6 Å². The fourth-order valence-electron chi connectivity index (χ4n) is 5.65. The van der Waals surface area contributed by atoms with Crippen LogP contribution < -0.4 is 5.32 Å². The van der Waals surface area contributed by atoms with E-state index in [2.05, 4.69) is 27.6 Å². The Balaban J connectivity index is 1.40. The van der Waals surface area contributed by atoms with Gasteiger partial charge in [-0.05, 0) is 43.0 Å². The van der Waals surface area contributed by atoms with Crippen LogP contribution in [0.5, 0.6) is 0 Å². The summed E-state index contributed by atoms with van der Waals surface area (Å²) < 4.78 is 11.7. The number of nitrogens with zero attached hydrogens (tertiary/aromatic N) is 3. The van der Waals surface area contributed by atoms with E-state index in [0.717, 1.165) is 18.4 Å². The second-order valence-corrected chi connectivity index (χ2v) is 9.87. The number of piperidine rings is 1. The van der Waals surface area contributed by atoms with Crippen LogP contribution in [0.15, 0.2) is 59.4 Å². The summed E-state index contributed by atoms with van der Waals surface area (Å²) in [6, 6.07) is 13.2. The van der Waals surface area contributed by atoms with Crippen LogP contribution in [0.4, 0.5) is 0 Å². The predicted octanol–water partition coefficient (Wildman–Crippen LogP) is 4.26. The van der Waals surface area contributed by atoms with E-state index in [0.29, 0.717) is 36.7 Å². The van der Waals surface area contributed by atoms with Crippen molar-refractivity contribution in [3.63, 3.8) is 0 Å². The largest absolute Gasteiger partial charge is 0.375 e. The molecule has 0 saturated carbocycles. The number of benzene rings is 1. The second-order valence-electron chi connectivity index (χ2n) is 9.87. The van der Waals surface area contributed by atoms with Crippen LogP contribution in [0.2, 0.25) is 0 Å². The molecule has 2 atom stereocenters. The number of likely N-dealkylation sites (tertiary alicyclic amines) is 1. The van der Waals surface area contributed by atoms with Gasteiger partial charge in [0.05, 0.1) is 17.7 Å². The first kappa shape index (κ1) is 24.2. The predicted molar refractivity (Wildman–Crippen MR) is 134 cm³/mol. The highest BCUT2D eigenvalue weighted by Crippen LogP contribution is 2.52. The Hall–Kier alpha value is -3.52. The third-order valence-corrected chi connectivity index (χ3v) is 7.50. The number of ether oxygens (including phenoxy) is 1. The van der Waals surface area contributed by atoms with E-state index < -0.39 is 0 Å². The lowest BCUT2D eigenvalue weighted by Crippen LogP contribution is -2.52. The average molecular weight is 489 g/mol. The van der Waals surface area contributed by atoms with E-state index in [9.17, 15) is 9.59 Å². The molecule has 2 amide bonds. The molecule has 8 nitrogen and oxygen atoms in total. The van der Waals surface area contributed by atoms with E-state index in [4.69, 9.17) is 9.26 Å². The van der Waals surface area contributed by atoms with Crippen LogP contribution in [0.3, 0.4) is 0 Å². The van der Waals surface area contributed by atoms with Crippen molar-refractivity contribution in [2.75, 3.05) is 19.7 Å². The highest BCUT2D eigenvalue weighted by atomic mass is 16.5. The van der Waals surface area contributed by atoms with Crippen molar-refractivity contribution >= 4 is 11.8 Å². The van der Waals surface area contributed by atoms with Crippen LogP contribution in [0, 0.1) is 0 Å². The van der Waals surface area contributed by atoms with Gasteiger partial charge in [0, 0.05) is 49.5 Å². The SMILES string of the molecule is CCO[C@H]1[C@H](NC(=O)c2cccnc2)c2ccccc2C12CCN(C(=O)c1cc(C(C)C)on1)CC2. The first-order chi connectivity index (χ1) is 17.4. The lowest BCUT2D eigenvalue weighted by atomic mass is 9.71. The lowest BCUT2D eigenvalue weighted by molar-refractivity contribution is -0.0306. The summed E-state index contributed by atoms with van der Waals surface area (Å²) in [5, 5.41) is 7.24. The highest BCUT2D eigenvalue weighted by molar-refractivity contribution is 5.94. The number of hydrogen-bond acceptors (Lipinski definition) is 6. The van der Waals surface area contributed by atoms with Crippen LogP contribution in [-0.2, 0) is 10.2 Å². The van der Waals surface area contributed by atoms with Crippen molar-refractivity contribution in [3.05, 3.63) is 83.0 Å². The molecular weight excluding hydrogens is 456 g/mol. The molecule has 8 heteroatoms. The zero-order chi connectivity index (χ0) is 25.3. The normalized spacial score (nSPS) is 20.5. The van der Waals surface area contributed by atoms with Gasteiger partial charge in [0.15, 0.2) is 5.69 Å². The Labute approximate surface area is 211 Å². The average Bonchev–Trinajstić information content (AvgIpc) is 3.49. The maximum Gasteiger partial charge on any atom is 0.276 e. The molecule has 1 aliphatic carbocycles. The number of amides is 2. The van der Waals surface area contributed by atoms with Crippen molar-refractivity contribution < 1.29 is 18.8 Å². The van der Waals surface area contributed by atoms with Gasteiger partial charge in [-0.1, -0.05) is 43.3 Å². The standard InChI is InChI=1S/C28H32N4O4/c1-4-35-25-24(30-26(33)19-8-7-13-29-17-19)20-9-5-6-10-21(20)28(25)11-14-32(15-12-28)27(34)22-16-23(18(2)3)36-31-22/h5-10,13,16-18,24-25H,4,11-12,14-15H2,1-3H3,(H,30,33)/t24-,25+/m1/s1. The summed E-state index contributed by atoms with van der Waals surface area (Å²) in [5.74, 6) is 0.593. The molecule has 3 aromatic rings. The van der Waals surface area contributed by atoms with E-state index in [1.54, 1.807) is 30.6 Å². The number of fused-ring (bicyclic) bond motifs is 2. The summed E-state index contributed by atoms with van der Waals surface area (Å²) in [7, 11) is 0. The first-order valence-electron chi connectivity index (χ1n) is 12.6. The third-order valence-electron chi connectivity index (χ3n) is 7.50. The van der Waals surface area contributed by atoms with Crippen molar-refractivity contribution in [1.82, 2.24) is 20.4 Å². The second kappa shape index (κ2) is 9.85. The molecule has 0 radical (unpaired) electrons. The summed E-state index contributed by atoms with van der Waals surface area (Å²) >= 11 is 0. The van der Waals surface area contributed by atoms with Crippen molar-refractivity contribution in [2.45, 2.75) is 57.1 Å². The summed E-state index contributed by atoms with van der Waals surface area (Å²) in [5.41, 5.74) is 2.83. The molecule has 1 aromatic carbocycles. The molecule has 188 valence electrons. The van der Waals surface area contributed by atoms with E-state index >= 15 is 0 Å². The number of aromatic nitrogens is 2. The van der Waals surface area contributed by atoms with Gasteiger partial charge < -0.3 is 19.5 Å². The summed E-state index contributed by atoms with van der Waals surface area (Å²) in [4.78, 5) is 32.2. The summed E-state index contributed by atoms with van der Waals surface area (Å²) in [6.45, 7) is 7.67. The minimum absolute atomic E-state index is 0.110. The lowest BCUT2D eigenvalue weighted by Gasteiger charge is -2.44. The maximum absolute atomic E-state index is 13.2. The van der Waals surface area contributed by atoms with Gasteiger partial charge in [-0.25, -0.2) is 0 Å². The Morgan fingerprint density at radius 3 is 2.64 bits per heavy atom.